The molecule has 1 heterocycles. The Hall–Kier alpha value is -2.53. The number of nitrogens with zero attached hydrogens (tertiary/aromatic N) is 2. The molecular weight excluding hydrogens is 404 g/mol. The number of hydrogen-bond donors (Lipinski definition) is 0. The molecule has 1 amide bonds. The first-order chi connectivity index (χ1) is 15.0. The van der Waals surface area contributed by atoms with Crippen LogP contribution in [-0.2, 0) is 4.79 Å². The van der Waals surface area contributed by atoms with Gasteiger partial charge in [0.05, 0.1) is 17.7 Å². The highest BCUT2D eigenvalue weighted by Crippen LogP contribution is 2.40. The van der Waals surface area contributed by atoms with Crippen molar-refractivity contribution in [2.75, 3.05) is 7.11 Å². The monoisotopic (exact) mass is 434 g/mol. The number of methoxy groups -OCH3 is 1. The van der Waals surface area contributed by atoms with E-state index in [1.165, 1.54) is 24.6 Å². The summed E-state index contributed by atoms with van der Waals surface area (Å²) in [7, 11) is 1.71. The molecular formula is C26H30N2O2S. The highest BCUT2D eigenvalue weighted by atomic mass is 32.2. The third-order valence-electron chi connectivity index (χ3n) is 6.03. The van der Waals surface area contributed by atoms with Gasteiger partial charge in [-0.25, -0.2) is 4.99 Å². The van der Waals surface area contributed by atoms with Gasteiger partial charge in [-0.1, -0.05) is 44.9 Å². The second-order valence-electron chi connectivity index (χ2n) is 8.56. The van der Waals surface area contributed by atoms with Gasteiger partial charge in [0.2, 0.25) is 0 Å². The summed E-state index contributed by atoms with van der Waals surface area (Å²) in [6.45, 7) is 6.38. The molecule has 0 spiro atoms. The molecule has 0 radical (unpaired) electrons. The standard InChI is InChI=1S/C26H30N2O2S/c1-17(2)22-15-19(18(3)14-23(22)30-4)16-24-25(29)28(21-12-8-9-13-21)26(31-24)27-20-10-6-5-7-11-20/h5-7,10-11,14-17,21H,8-9,12-13H2,1-4H3. The number of amides is 1. The predicted molar refractivity (Wildman–Crippen MR) is 130 cm³/mol. The highest BCUT2D eigenvalue weighted by Gasteiger charge is 2.39. The Morgan fingerprint density at radius 2 is 1.87 bits per heavy atom. The topological polar surface area (TPSA) is 41.9 Å². The number of aliphatic imine (C=N–C) groups is 1. The summed E-state index contributed by atoms with van der Waals surface area (Å²) >= 11 is 1.49. The first-order valence-corrected chi connectivity index (χ1v) is 11.8. The minimum Gasteiger partial charge on any atom is -0.496 e. The number of rotatable bonds is 5. The lowest BCUT2D eigenvalue weighted by atomic mass is 9.96. The third-order valence-corrected chi connectivity index (χ3v) is 7.02. The second-order valence-corrected chi connectivity index (χ2v) is 9.57. The molecule has 0 bridgehead atoms. The highest BCUT2D eigenvalue weighted by molar-refractivity contribution is 8.18. The summed E-state index contributed by atoms with van der Waals surface area (Å²) in [5, 5.41) is 0.796. The Morgan fingerprint density at radius 1 is 1.16 bits per heavy atom. The lowest BCUT2D eigenvalue weighted by molar-refractivity contribution is -0.123. The number of amidine groups is 1. The number of ether oxygens (including phenoxy) is 1. The average molecular weight is 435 g/mol. The van der Waals surface area contributed by atoms with E-state index in [2.05, 4.69) is 32.9 Å². The quantitative estimate of drug-likeness (QED) is 0.493. The first kappa shape index (κ1) is 21.7. The lowest BCUT2D eigenvalue weighted by Crippen LogP contribution is -2.37. The van der Waals surface area contributed by atoms with Crippen LogP contribution in [0.1, 0.15) is 62.1 Å². The molecule has 0 aromatic heterocycles. The van der Waals surface area contributed by atoms with Crippen LogP contribution in [0.3, 0.4) is 0 Å². The van der Waals surface area contributed by atoms with E-state index in [9.17, 15) is 4.79 Å². The largest absolute Gasteiger partial charge is 0.496 e. The van der Waals surface area contributed by atoms with Gasteiger partial charge in [0.25, 0.3) is 5.91 Å². The molecule has 1 aliphatic carbocycles. The fourth-order valence-electron chi connectivity index (χ4n) is 4.30. The summed E-state index contributed by atoms with van der Waals surface area (Å²) in [6, 6.07) is 14.4. The first-order valence-electron chi connectivity index (χ1n) is 11.0. The molecule has 0 unspecified atom stereocenters. The van der Waals surface area contributed by atoms with Crippen molar-refractivity contribution in [1.29, 1.82) is 0 Å². The van der Waals surface area contributed by atoms with Crippen LogP contribution in [0.15, 0.2) is 52.4 Å². The fourth-order valence-corrected chi connectivity index (χ4v) is 5.35. The van der Waals surface area contributed by atoms with Crippen molar-refractivity contribution in [2.24, 2.45) is 4.99 Å². The SMILES string of the molecule is COc1cc(C)c(C=C2SC(=Nc3ccccc3)N(C3CCCC3)C2=O)cc1C(C)C. The number of hydrogen-bond acceptors (Lipinski definition) is 4. The van der Waals surface area contributed by atoms with Gasteiger partial charge in [-0.2, -0.15) is 0 Å². The second kappa shape index (κ2) is 9.31. The summed E-state index contributed by atoms with van der Waals surface area (Å²) in [5.41, 5.74) is 4.20. The van der Waals surface area contributed by atoms with Crippen molar-refractivity contribution in [3.63, 3.8) is 0 Å². The van der Waals surface area contributed by atoms with Gasteiger partial charge in [-0.3, -0.25) is 9.69 Å². The Balaban J connectivity index is 1.74. The third kappa shape index (κ3) is 4.57. The normalized spacial score (nSPS) is 19.9. The summed E-state index contributed by atoms with van der Waals surface area (Å²) in [5.74, 6) is 1.32. The minimum atomic E-state index is 0.0768. The van der Waals surface area contributed by atoms with Crippen LogP contribution >= 0.6 is 11.8 Å². The molecule has 1 saturated heterocycles. The number of thioether (sulfide) groups is 1. The van der Waals surface area contributed by atoms with Crippen LogP contribution in [0.2, 0.25) is 0 Å². The number of carbonyl (C=O) groups is 1. The molecule has 4 rings (SSSR count). The van der Waals surface area contributed by atoms with Crippen molar-refractivity contribution in [3.8, 4) is 5.75 Å². The zero-order valence-corrected chi connectivity index (χ0v) is 19.5. The number of benzene rings is 2. The summed E-state index contributed by atoms with van der Waals surface area (Å²) in [4.78, 5) is 21.0. The van der Waals surface area contributed by atoms with E-state index in [0.717, 1.165) is 51.0 Å². The van der Waals surface area contributed by atoms with Gasteiger partial charge >= 0.3 is 0 Å². The van der Waals surface area contributed by atoms with Crippen LogP contribution in [0.25, 0.3) is 6.08 Å². The lowest BCUT2D eigenvalue weighted by Gasteiger charge is -2.22. The van der Waals surface area contributed by atoms with Crippen molar-refractivity contribution >= 4 is 34.6 Å². The maximum atomic E-state index is 13.5. The minimum absolute atomic E-state index is 0.0768. The maximum absolute atomic E-state index is 13.5. The van der Waals surface area contributed by atoms with Crippen LogP contribution in [0.4, 0.5) is 5.69 Å². The Bertz CT molecular complexity index is 1020. The van der Waals surface area contributed by atoms with Gasteiger partial charge in [-0.05, 0) is 84.5 Å². The van der Waals surface area contributed by atoms with Crippen LogP contribution < -0.4 is 4.74 Å². The fraction of sp³-hybridized carbons (Fsp3) is 0.385. The van der Waals surface area contributed by atoms with Crippen molar-refractivity contribution < 1.29 is 9.53 Å². The smallest absolute Gasteiger partial charge is 0.267 e. The predicted octanol–water partition coefficient (Wildman–Crippen LogP) is 6.67. The van der Waals surface area contributed by atoms with Crippen molar-refractivity contribution in [2.45, 2.75) is 58.4 Å². The average Bonchev–Trinajstić information content (AvgIpc) is 3.38. The summed E-state index contributed by atoms with van der Waals surface area (Å²) in [6.07, 6.45) is 6.47. The van der Waals surface area contributed by atoms with Crippen LogP contribution in [-0.4, -0.2) is 29.1 Å². The van der Waals surface area contributed by atoms with Gasteiger partial charge in [0.1, 0.15) is 5.75 Å². The molecule has 2 aromatic carbocycles. The van der Waals surface area contributed by atoms with Gasteiger partial charge in [0, 0.05) is 6.04 Å². The number of para-hydroxylation sites is 1. The van der Waals surface area contributed by atoms with Crippen molar-refractivity contribution in [3.05, 3.63) is 64.1 Å². The maximum Gasteiger partial charge on any atom is 0.267 e. The van der Waals surface area contributed by atoms with Gasteiger partial charge in [-0.15, -0.1) is 0 Å². The van der Waals surface area contributed by atoms with Crippen LogP contribution in [0.5, 0.6) is 5.75 Å². The molecule has 0 N–H and O–H groups in total. The van der Waals surface area contributed by atoms with Gasteiger partial charge in [0.15, 0.2) is 5.17 Å². The molecule has 2 aliphatic rings. The molecule has 162 valence electrons. The zero-order chi connectivity index (χ0) is 22.0. The van der Waals surface area contributed by atoms with E-state index in [1.54, 1.807) is 7.11 Å². The van der Waals surface area contributed by atoms with Crippen molar-refractivity contribution in [1.82, 2.24) is 4.90 Å². The molecule has 0 atom stereocenters. The molecule has 1 aliphatic heterocycles. The molecule has 1 saturated carbocycles. The number of carbonyl (C=O) groups excluding carboxylic acids is 1. The molecule has 31 heavy (non-hydrogen) atoms. The molecule has 5 heteroatoms. The zero-order valence-electron chi connectivity index (χ0n) is 18.7. The number of aryl methyl sites for hydroxylation is 1. The van der Waals surface area contributed by atoms with E-state index in [-0.39, 0.29) is 11.9 Å². The Labute approximate surface area is 189 Å². The van der Waals surface area contributed by atoms with Gasteiger partial charge < -0.3 is 4.74 Å². The van der Waals surface area contributed by atoms with Crippen LogP contribution in [0, 0.1) is 6.92 Å². The Morgan fingerprint density at radius 3 is 2.52 bits per heavy atom. The molecule has 2 aromatic rings. The van der Waals surface area contributed by atoms with E-state index < -0.39 is 0 Å². The Kier molecular flexibility index (Phi) is 6.51. The van der Waals surface area contributed by atoms with E-state index in [1.807, 2.05) is 41.3 Å². The summed E-state index contributed by atoms with van der Waals surface area (Å²) < 4.78 is 5.58. The molecule has 4 nitrogen and oxygen atoms in total. The van der Waals surface area contributed by atoms with E-state index >= 15 is 0 Å². The van der Waals surface area contributed by atoms with E-state index in [4.69, 9.17) is 9.73 Å². The van der Waals surface area contributed by atoms with E-state index in [0.29, 0.717) is 5.92 Å². The molecule has 2 fully saturated rings.